The number of hydrogen-bond donors (Lipinski definition) is 2. The Kier molecular flexibility index (Phi) is 6.39. The van der Waals surface area contributed by atoms with Crippen LogP contribution >= 0.6 is 0 Å². The van der Waals surface area contributed by atoms with E-state index in [1.807, 2.05) is 49.4 Å². The molecule has 3 amide bonds. The van der Waals surface area contributed by atoms with E-state index < -0.39 is 12.1 Å². The van der Waals surface area contributed by atoms with Gasteiger partial charge in [0.1, 0.15) is 11.8 Å². The zero-order chi connectivity index (χ0) is 18.2. The molecule has 6 nitrogen and oxygen atoms in total. The van der Waals surface area contributed by atoms with Crippen LogP contribution in [0, 0.1) is 0 Å². The number of benzene rings is 2. The molecule has 0 bridgehead atoms. The molecule has 132 valence electrons. The van der Waals surface area contributed by atoms with E-state index in [1.54, 1.807) is 24.1 Å². The average Bonchev–Trinajstić information content (AvgIpc) is 2.63. The van der Waals surface area contributed by atoms with Crippen molar-refractivity contribution in [1.29, 1.82) is 0 Å². The normalized spacial score (nSPS) is 11.4. The third-order valence-corrected chi connectivity index (χ3v) is 3.86. The number of nitrogens with two attached hydrogens (primary N) is 1. The second-order valence-electron chi connectivity index (χ2n) is 5.53. The summed E-state index contributed by atoms with van der Waals surface area (Å²) >= 11 is 0. The van der Waals surface area contributed by atoms with Gasteiger partial charge in [-0.2, -0.15) is 0 Å². The first-order valence-electron chi connectivity index (χ1n) is 8.10. The van der Waals surface area contributed by atoms with Gasteiger partial charge in [0.2, 0.25) is 5.91 Å². The molecule has 0 spiro atoms. The fourth-order valence-electron chi connectivity index (χ4n) is 2.64. The molecule has 0 saturated heterocycles. The van der Waals surface area contributed by atoms with Crippen LogP contribution in [0.15, 0.2) is 54.6 Å². The summed E-state index contributed by atoms with van der Waals surface area (Å²) < 4.78 is 5.15. The zero-order valence-corrected chi connectivity index (χ0v) is 14.4. The number of likely N-dealkylation sites (N-methyl/N-ethyl adjacent to an activating group) is 1. The van der Waals surface area contributed by atoms with Crippen LogP contribution in [0.3, 0.4) is 0 Å². The molecule has 0 aliphatic heterocycles. The lowest BCUT2D eigenvalue weighted by molar-refractivity contribution is -0.120. The van der Waals surface area contributed by atoms with Crippen molar-refractivity contribution in [2.75, 3.05) is 18.6 Å². The van der Waals surface area contributed by atoms with Crippen LogP contribution in [-0.4, -0.2) is 31.6 Å². The minimum Gasteiger partial charge on any atom is -0.497 e. The molecule has 6 heteroatoms. The number of nitrogens with one attached hydrogen (secondary N) is 1. The zero-order valence-electron chi connectivity index (χ0n) is 14.4. The number of amides is 3. The highest BCUT2D eigenvalue weighted by Gasteiger charge is 2.26. The van der Waals surface area contributed by atoms with Crippen molar-refractivity contribution in [3.05, 3.63) is 60.2 Å². The molecule has 1 unspecified atom stereocenters. The Balaban J connectivity index is 2.23. The van der Waals surface area contributed by atoms with Gasteiger partial charge in [-0.15, -0.1) is 0 Å². The fourth-order valence-corrected chi connectivity index (χ4v) is 2.64. The summed E-state index contributed by atoms with van der Waals surface area (Å²) in [6.45, 7) is 2.35. The molecule has 1 atom stereocenters. The van der Waals surface area contributed by atoms with Crippen molar-refractivity contribution < 1.29 is 14.3 Å². The van der Waals surface area contributed by atoms with Crippen LogP contribution in [-0.2, 0) is 11.2 Å². The maximum atomic E-state index is 13.0. The fraction of sp³-hybridized carbons (Fsp3) is 0.263. The standard InChI is InChI=1S/C19H23N3O3/c1-3-22(15-9-11-16(25-2)12-10-15)18(23)17(21-19(20)24)13-14-7-5-4-6-8-14/h4-12,17H,3,13H2,1-2H3,(H3,20,21,24). The Morgan fingerprint density at radius 1 is 1.12 bits per heavy atom. The van der Waals surface area contributed by atoms with Gasteiger partial charge < -0.3 is 20.7 Å². The van der Waals surface area contributed by atoms with Gasteiger partial charge in [-0.25, -0.2) is 4.79 Å². The third-order valence-electron chi connectivity index (χ3n) is 3.86. The molecule has 0 heterocycles. The van der Waals surface area contributed by atoms with Gasteiger partial charge in [0, 0.05) is 18.7 Å². The lowest BCUT2D eigenvalue weighted by Crippen LogP contribution is -2.51. The Hall–Kier alpha value is -3.02. The highest BCUT2D eigenvalue weighted by atomic mass is 16.5. The van der Waals surface area contributed by atoms with Gasteiger partial charge in [-0.3, -0.25) is 4.79 Å². The third kappa shape index (κ3) is 4.97. The Morgan fingerprint density at radius 3 is 2.28 bits per heavy atom. The highest BCUT2D eigenvalue weighted by Crippen LogP contribution is 2.20. The van der Waals surface area contributed by atoms with E-state index in [4.69, 9.17) is 10.5 Å². The monoisotopic (exact) mass is 341 g/mol. The maximum absolute atomic E-state index is 13.0. The molecule has 0 radical (unpaired) electrons. The van der Waals surface area contributed by atoms with E-state index in [2.05, 4.69) is 5.32 Å². The molecule has 0 saturated carbocycles. The van der Waals surface area contributed by atoms with Crippen LogP contribution in [0.1, 0.15) is 12.5 Å². The van der Waals surface area contributed by atoms with Gasteiger partial charge in [-0.1, -0.05) is 30.3 Å². The maximum Gasteiger partial charge on any atom is 0.312 e. The summed E-state index contributed by atoms with van der Waals surface area (Å²) in [7, 11) is 1.59. The molecule has 0 fully saturated rings. The summed E-state index contributed by atoms with van der Waals surface area (Å²) in [5.74, 6) is 0.499. The quantitative estimate of drug-likeness (QED) is 0.810. The van der Waals surface area contributed by atoms with Crippen molar-refractivity contribution in [1.82, 2.24) is 5.32 Å². The van der Waals surface area contributed by atoms with Crippen LogP contribution in [0.5, 0.6) is 5.75 Å². The number of carbonyl (C=O) groups is 2. The van der Waals surface area contributed by atoms with Gasteiger partial charge in [-0.05, 0) is 36.8 Å². The number of hydrogen-bond acceptors (Lipinski definition) is 3. The van der Waals surface area contributed by atoms with Crippen LogP contribution in [0.25, 0.3) is 0 Å². The molecule has 2 rings (SSSR count). The predicted molar refractivity (Wildman–Crippen MR) is 97.7 cm³/mol. The summed E-state index contributed by atoms with van der Waals surface area (Å²) in [6.07, 6.45) is 0.370. The summed E-state index contributed by atoms with van der Waals surface area (Å²) in [5, 5.41) is 2.56. The first kappa shape index (κ1) is 18.3. The molecule has 0 aromatic heterocycles. The molecule has 25 heavy (non-hydrogen) atoms. The van der Waals surface area contributed by atoms with E-state index in [1.165, 1.54) is 0 Å². The van der Waals surface area contributed by atoms with Crippen molar-refractivity contribution in [3.8, 4) is 5.75 Å². The van der Waals surface area contributed by atoms with Crippen molar-refractivity contribution in [2.45, 2.75) is 19.4 Å². The SMILES string of the molecule is CCN(C(=O)C(Cc1ccccc1)NC(N)=O)c1ccc(OC)cc1. The van der Waals surface area contributed by atoms with E-state index in [-0.39, 0.29) is 5.91 Å². The average molecular weight is 341 g/mol. The Labute approximate surface area is 147 Å². The largest absolute Gasteiger partial charge is 0.497 e. The van der Waals surface area contributed by atoms with Crippen LogP contribution in [0.4, 0.5) is 10.5 Å². The summed E-state index contributed by atoms with van der Waals surface area (Å²) in [5.41, 5.74) is 6.94. The van der Waals surface area contributed by atoms with Crippen LogP contribution < -0.4 is 20.7 Å². The predicted octanol–water partition coefficient (Wildman–Crippen LogP) is 2.33. The van der Waals surface area contributed by atoms with Crippen molar-refractivity contribution in [3.63, 3.8) is 0 Å². The molecular formula is C19H23N3O3. The topological polar surface area (TPSA) is 84.7 Å². The van der Waals surface area contributed by atoms with Crippen molar-refractivity contribution >= 4 is 17.6 Å². The van der Waals surface area contributed by atoms with E-state index in [0.29, 0.717) is 18.7 Å². The van der Waals surface area contributed by atoms with E-state index in [9.17, 15) is 9.59 Å². The van der Waals surface area contributed by atoms with E-state index >= 15 is 0 Å². The number of carbonyl (C=O) groups excluding carboxylic acids is 2. The minimum absolute atomic E-state index is 0.213. The van der Waals surface area contributed by atoms with Gasteiger partial charge in [0.05, 0.1) is 7.11 Å². The smallest absolute Gasteiger partial charge is 0.312 e. The van der Waals surface area contributed by atoms with Gasteiger partial charge in [0.25, 0.3) is 0 Å². The minimum atomic E-state index is -0.734. The molecule has 2 aromatic carbocycles. The number of anilines is 1. The molecule has 0 aliphatic carbocycles. The number of methoxy groups -OCH3 is 1. The number of primary amides is 1. The Morgan fingerprint density at radius 2 is 1.76 bits per heavy atom. The van der Waals surface area contributed by atoms with Crippen molar-refractivity contribution in [2.24, 2.45) is 5.73 Å². The molecule has 3 N–H and O–H groups in total. The second kappa shape index (κ2) is 8.73. The highest BCUT2D eigenvalue weighted by molar-refractivity contribution is 5.99. The first-order valence-corrected chi connectivity index (χ1v) is 8.10. The molecule has 2 aromatic rings. The summed E-state index contributed by atoms with van der Waals surface area (Å²) in [6, 6.07) is 15.2. The number of urea groups is 1. The molecular weight excluding hydrogens is 318 g/mol. The van der Waals surface area contributed by atoms with Gasteiger partial charge >= 0.3 is 6.03 Å². The Bertz CT molecular complexity index is 702. The first-order chi connectivity index (χ1) is 12.0. The number of ether oxygens (including phenoxy) is 1. The number of nitrogens with zero attached hydrogens (tertiary/aromatic N) is 1. The molecule has 0 aliphatic rings. The van der Waals surface area contributed by atoms with Gasteiger partial charge in [0.15, 0.2) is 0 Å². The second-order valence-corrected chi connectivity index (χ2v) is 5.53. The summed E-state index contributed by atoms with van der Waals surface area (Å²) in [4.78, 5) is 26.0. The lowest BCUT2D eigenvalue weighted by Gasteiger charge is -2.27. The van der Waals surface area contributed by atoms with E-state index in [0.717, 1.165) is 11.3 Å². The van der Waals surface area contributed by atoms with Crippen LogP contribution in [0.2, 0.25) is 0 Å². The number of rotatable bonds is 7. The lowest BCUT2D eigenvalue weighted by atomic mass is 10.0.